The number of nitriles is 1. The minimum Gasteiger partial charge on any atom is -0.484 e. The lowest BCUT2D eigenvalue weighted by Crippen LogP contribution is -2.41. The number of nitrogens with one attached hydrogen (secondary N) is 1. The first-order chi connectivity index (χ1) is 13.4. The van der Waals surface area contributed by atoms with Crippen molar-refractivity contribution in [3.8, 4) is 11.8 Å². The van der Waals surface area contributed by atoms with Gasteiger partial charge < -0.3 is 15.0 Å². The Morgan fingerprint density at radius 3 is 2.54 bits per heavy atom. The topological polar surface area (TPSA) is 82.4 Å². The van der Waals surface area contributed by atoms with E-state index in [-0.39, 0.29) is 25.0 Å². The van der Waals surface area contributed by atoms with Crippen molar-refractivity contribution in [2.75, 3.05) is 25.0 Å². The van der Waals surface area contributed by atoms with E-state index in [9.17, 15) is 9.59 Å². The van der Waals surface area contributed by atoms with Crippen molar-refractivity contribution >= 4 is 40.7 Å². The minimum atomic E-state index is -0.385. The first-order valence-electron chi connectivity index (χ1n) is 8.58. The van der Waals surface area contributed by atoms with Crippen molar-refractivity contribution in [1.29, 1.82) is 5.26 Å². The molecule has 0 unspecified atom stereocenters. The molecule has 28 heavy (non-hydrogen) atoms. The van der Waals surface area contributed by atoms with E-state index in [1.165, 1.54) is 4.90 Å². The SMILES string of the molecule is CCCN(CC(=O)Nc1cc(Cl)ccc1Cl)C(=O)COc1ccc(C#N)cc1. The molecule has 1 N–H and O–H groups in total. The van der Waals surface area contributed by atoms with Gasteiger partial charge in [0.1, 0.15) is 5.75 Å². The Hall–Kier alpha value is -2.75. The Bertz CT molecular complexity index is 879. The highest BCUT2D eigenvalue weighted by Gasteiger charge is 2.18. The van der Waals surface area contributed by atoms with Crippen LogP contribution in [-0.2, 0) is 9.59 Å². The van der Waals surface area contributed by atoms with Crippen molar-refractivity contribution in [1.82, 2.24) is 4.90 Å². The second-order valence-electron chi connectivity index (χ2n) is 5.91. The summed E-state index contributed by atoms with van der Waals surface area (Å²) < 4.78 is 5.46. The summed E-state index contributed by atoms with van der Waals surface area (Å²) in [6, 6.07) is 13.2. The van der Waals surface area contributed by atoms with E-state index in [0.29, 0.717) is 40.0 Å². The maximum Gasteiger partial charge on any atom is 0.260 e. The van der Waals surface area contributed by atoms with Crippen LogP contribution in [0.25, 0.3) is 0 Å². The third-order valence-corrected chi connectivity index (χ3v) is 4.29. The quantitative estimate of drug-likeness (QED) is 0.697. The molecule has 0 aliphatic rings. The Morgan fingerprint density at radius 1 is 1.18 bits per heavy atom. The standard InChI is InChI=1S/C20H19Cl2N3O3/c1-2-9-25(12-19(26)24-18-10-15(21)5-8-17(18)22)20(27)13-28-16-6-3-14(11-23)4-7-16/h3-8,10H,2,9,12-13H2,1H3,(H,24,26). The van der Waals surface area contributed by atoms with E-state index >= 15 is 0 Å². The highest BCUT2D eigenvalue weighted by Crippen LogP contribution is 2.25. The van der Waals surface area contributed by atoms with E-state index in [4.69, 9.17) is 33.2 Å². The Kier molecular flexibility index (Phi) is 8.12. The first kappa shape index (κ1) is 21.5. The van der Waals surface area contributed by atoms with Gasteiger partial charge >= 0.3 is 0 Å². The lowest BCUT2D eigenvalue weighted by Gasteiger charge is -2.22. The Labute approximate surface area is 173 Å². The second-order valence-corrected chi connectivity index (χ2v) is 6.76. The van der Waals surface area contributed by atoms with Crippen LogP contribution in [0.4, 0.5) is 5.69 Å². The first-order valence-corrected chi connectivity index (χ1v) is 9.34. The molecule has 0 heterocycles. The third-order valence-electron chi connectivity index (χ3n) is 3.73. The predicted molar refractivity (Wildman–Crippen MR) is 109 cm³/mol. The molecule has 0 aromatic heterocycles. The van der Waals surface area contributed by atoms with Crippen LogP contribution in [0, 0.1) is 11.3 Å². The van der Waals surface area contributed by atoms with Gasteiger partial charge in [-0.3, -0.25) is 9.59 Å². The summed E-state index contributed by atoms with van der Waals surface area (Å²) in [6.07, 6.45) is 0.688. The van der Waals surface area contributed by atoms with E-state index in [1.54, 1.807) is 42.5 Å². The van der Waals surface area contributed by atoms with Crippen LogP contribution in [0.15, 0.2) is 42.5 Å². The number of amides is 2. The fourth-order valence-electron chi connectivity index (χ4n) is 2.38. The van der Waals surface area contributed by atoms with Gasteiger partial charge in [0.15, 0.2) is 6.61 Å². The molecule has 2 aromatic rings. The molecular weight excluding hydrogens is 401 g/mol. The largest absolute Gasteiger partial charge is 0.484 e. The number of nitrogens with zero attached hydrogens (tertiary/aromatic N) is 2. The van der Waals surface area contributed by atoms with Crippen LogP contribution < -0.4 is 10.1 Å². The number of carbonyl (C=O) groups is 2. The van der Waals surface area contributed by atoms with Crippen molar-refractivity contribution in [2.45, 2.75) is 13.3 Å². The molecule has 2 rings (SSSR count). The normalized spacial score (nSPS) is 10.1. The van der Waals surface area contributed by atoms with E-state index in [1.807, 2.05) is 13.0 Å². The number of rotatable bonds is 8. The average Bonchev–Trinajstić information content (AvgIpc) is 2.69. The summed E-state index contributed by atoms with van der Waals surface area (Å²) in [6.45, 7) is 1.98. The molecule has 0 radical (unpaired) electrons. The molecule has 2 amide bonds. The molecule has 0 spiro atoms. The van der Waals surface area contributed by atoms with Gasteiger partial charge in [-0.25, -0.2) is 0 Å². The average molecular weight is 420 g/mol. The molecule has 0 atom stereocenters. The van der Waals surface area contributed by atoms with E-state index in [0.717, 1.165) is 0 Å². The number of hydrogen-bond donors (Lipinski definition) is 1. The molecule has 0 aliphatic carbocycles. The van der Waals surface area contributed by atoms with Crippen molar-refractivity contribution < 1.29 is 14.3 Å². The van der Waals surface area contributed by atoms with Gasteiger partial charge in [-0.15, -0.1) is 0 Å². The molecule has 6 nitrogen and oxygen atoms in total. The van der Waals surface area contributed by atoms with Gasteiger partial charge in [0.2, 0.25) is 5.91 Å². The molecule has 8 heteroatoms. The van der Waals surface area contributed by atoms with Gasteiger partial charge in [0.25, 0.3) is 5.91 Å². The van der Waals surface area contributed by atoms with Crippen LogP contribution in [0.5, 0.6) is 5.75 Å². The third kappa shape index (κ3) is 6.45. The smallest absolute Gasteiger partial charge is 0.260 e. The number of hydrogen-bond acceptors (Lipinski definition) is 4. The summed E-state index contributed by atoms with van der Waals surface area (Å²) in [7, 11) is 0. The summed E-state index contributed by atoms with van der Waals surface area (Å²) >= 11 is 12.0. The van der Waals surface area contributed by atoms with Crippen molar-refractivity contribution in [3.63, 3.8) is 0 Å². The molecule has 0 aliphatic heterocycles. The number of carbonyl (C=O) groups excluding carboxylic acids is 2. The molecule has 0 saturated carbocycles. The van der Waals surface area contributed by atoms with Crippen LogP contribution >= 0.6 is 23.2 Å². The lowest BCUT2D eigenvalue weighted by atomic mass is 10.2. The monoisotopic (exact) mass is 419 g/mol. The lowest BCUT2D eigenvalue weighted by molar-refractivity contribution is -0.136. The maximum absolute atomic E-state index is 12.5. The fraction of sp³-hybridized carbons (Fsp3) is 0.250. The number of halogens is 2. The number of ether oxygens (including phenoxy) is 1. The van der Waals surface area contributed by atoms with E-state index < -0.39 is 0 Å². The zero-order valence-electron chi connectivity index (χ0n) is 15.2. The van der Waals surface area contributed by atoms with Crippen molar-refractivity contribution in [2.24, 2.45) is 0 Å². The molecule has 0 fully saturated rings. The highest BCUT2D eigenvalue weighted by atomic mass is 35.5. The number of benzene rings is 2. The van der Waals surface area contributed by atoms with Gasteiger partial charge in [-0.05, 0) is 48.9 Å². The summed E-state index contributed by atoms with van der Waals surface area (Å²) in [5.41, 5.74) is 0.888. The zero-order chi connectivity index (χ0) is 20.5. The van der Waals surface area contributed by atoms with Crippen LogP contribution in [0.3, 0.4) is 0 Å². The number of anilines is 1. The van der Waals surface area contributed by atoms with Crippen LogP contribution in [0.1, 0.15) is 18.9 Å². The van der Waals surface area contributed by atoms with Crippen LogP contribution in [-0.4, -0.2) is 36.4 Å². The van der Waals surface area contributed by atoms with Gasteiger partial charge in [-0.2, -0.15) is 5.26 Å². The fourth-order valence-corrected chi connectivity index (χ4v) is 2.72. The molecule has 146 valence electrons. The maximum atomic E-state index is 12.5. The predicted octanol–water partition coefficient (Wildman–Crippen LogP) is 4.12. The summed E-state index contributed by atoms with van der Waals surface area (Å²) in [5, 5.41) is 12.3. The Balaban J connectivity index is 1.94. The molecule has 0 saturated heterocycles. The molecule has 2 aromatic carbocycles. The second kappa shape index (κ2) is 10.5. The molecular formula is C20H19Cl2N3O3. The van der Waals surface area contributed by atoms with Gasteiger partial charge in [0.05, 0.1) is 28.9 Å². The minimum absolute atomic E-state index is 0.133. The van der Waals surface area contributed by atoms with E-state index in [2.05, 4.69) is 5.32 Å². The summed E-state index contributed by atoms with van der Waals surface area (Å²) in [5.74, 6) is -0.234. The van der Waals surface area contributed by atoms with Crippen molar-refractivity contribution in [3.05, 3.63) is 58.1 Å². The Morgan fingerprint density at radius 2 is 1.89 bits per heavy atom. The molecule has 0 bridgehead atoms. The van der Waals surface area contributed by atoms with Gasteiger partial charge in [0, 0.05) is 11.6 Å². The van der Waals surface area contributed by atoms with Crippen LogP contribution in [0.2, 0.25) is 10.0 Å². The highest BCUT2D eigenvalue weighted by molar-refractivity contribution is 6.35. The zero-order valence-corrected chi connectivity index (χ0v) is 16.8. The van der Waals surface area contributed by atoms with Gasteiger partial charge in [-0.1, -0.05) is 30.1 Å². The summed E-state index contributed by atoms with van der Waals surface area (Å²) in [4.78, 5) is 26.2.